The molecule has 3 heterocycles. The molecule has 1 saturated carbocycles. The van der Waals surface area contributed by atoms with Crippen LogP contribution in [0.25, 0.3) is 11.3 Å². The molecule has 2 N–H and O–H groups in total. The van der Waals surface area contributed by atoms with E-state index in [0.717, 1.165) is 30.4 Å². The maximum Gasteiger partial charge on any atom is 0.433 e. The number of carboxylic acid groups (broad SMARTS) is 1. The molecule has 0 spiro atoms. The first-order chi connectivity index (χ1) is 15.1. The number of hydrogen-bond acceptors (Lipinski definition) is 6. The third-order valence-corrected chi connectivity index (χ3v) is 6.33. The number of aromatic carboxylic acids is 1. The van der Waals surface area contributed by atoms with Crippen LogP contribution in [0.15, 0.2) is 29.9 Å². The molecule has 1 aliphatic carbocycles. The summed E-state index contributed by atoms with van der Waals surface area (Å²) >= 11 is 6.96. The zero-order chi connectivity index (χ0) is 23.1. The van der Waals surface area contributed by atoms with Crippen LogP contribution in [-0.2, 0) is 12.7 Å². The van der Waals surface area contributed by atoms with E-state index in [1.54, 1.807) is 16.3 Å². The number of thiophene rings is 1. The van der Waals surface area contributed by atoms with E-state index in [-0.39, 0.29) is 27.4 Å². The van der Waals surface area contributed by atoms with Crippen molar-refractivity contribution in [2.24, 2.45) is 5.41 Å². The number of nitrogens with zero attached hydrogens (tertiary/aromatic N) is 4. The van der Waals surface area contributed by atoms with Crippen molar-refractivity contribution >= 4 is 34.8 Å². The molecule has 3 aromatic rings. The van der Waals surface area contributed by atoms with E-state index in [1.165, 1.54) is 6.07 Å². The van der Waals surface area contributed by atoms with Crippen LogP contribution in [0.4, 0.5) is 13.2 Å². The molecule has 1 amide bonds. The van der Waals surface area contributed by atoms with Crippen LogP contribution in [0, 0.1) is 5.41 Å². The van der Waals surface area contributed by atoms with Crippen molar-refractivity contribution in [2.75, 3.05) is 6.54 Å². The minimum Gasteiger partial charge on any atom is -0.477 e. The number of alkyl halides is 3. The van der Waals surface area contributed by atoms with Crippen LogP contribution in [0.5, 0.6) is 0 Å². The van der Waals surface area contributed by atoms with Gasteiger partial charge in [0.15, 0.2) is 0 Å². The topological polar surface area (TPSA) is 110 Å². The predicted molar refractivity (Wildman–Crippen MR) is 109 cm³/mol. The molecule has 1 aliphatic rings. The lowest BCUT2D eigenvalue weighted by atomic mass is 10.1. The summed E-state index contributed by atoms with van der Waals surface area (Å²) in [7, 11) is 0. The van der Waals surface area contributed by atoms with Gasteiger partial charge in [-0.2, -0.15) is 13.2 Å². The van der Waals surface area contributed by atoms with Gasteiger partial charge in [0.05, 0.1) is 16.8 Å². The van der Waals surface area contributed by atoms with Crippen LogP contribution < -0.4 is 5.32 Å². The monoisotopic (exact) mass is 485 g/mol. The van der Waals surface area contributed by atoms with Crippen LogP contribution >= 0.6 is 22.9 Å². The van der Waals surface area contributed by atoms with Gasteiger partial charge in [-0.3, -0.25) is 14.5 Å². The molecule has 4 rings (SSSR count). The molecule has 8 nitrogen and oxygen atoms in total. The first-order valence-electron chi connectivity index (χ1n) is 9.30. The number of carbonyl (C=O) groups is 2. The lowest BCUT2D eigenvalue weighted by Gasteiger charge is -2.16. The second-order valence-electron chi connectivity index (χ2n) is 7.54. The highest BCUT2D eigenvalue weighted by molar-refractivity contribution is 7.12. The Labute approximate surface area is 188 Å². The smallest absolute Gasteiger partial charge is 0.433 e. The van der Waals surface area contributed by atoms with Crippen LogP contribution in [0.2, 0.25) is 5.02 Å². The van der Waals surface area contributed by atoms with Crippen molar-refractivity contribution in [3.8, 4) is 11.3 Å². The van der Waals surface area contributed by atoms with Crippen LogP contribution in [0.3, 0.4) is 0 Å². The van der Waals surface area contributed by atoms with Gasteiger partial charge in [-0.15, -0.1) is 16.4 Å². The second-order valence-corrected chi connectivity index (χ2v) is 8.85. The molecule has 0 atom stereocenters. The number of amides is 1. The van der Waals surface area contributed by atoms with Crippen molar-refractivity contribution in [2.45, 2.75) is 25.6 Å². The van der Waals surface area contributed by atoms with Crippen LogP contribution in [0.1, 0.15) is 38.6 Å². The standard InChI is InChI=1S/C19H15ClF3N5O3S/c20-12-5-24-15(19(21,22)23)4-11(12)16(29)25-8-18(1-2-18)9-28-6-13(26-27-28)10-3-14(17(30)31)32-7-10/h3-7H,1-2,8-9H2,(H,25,29)(H,30,31). The van der Waals surface area contributed by atoms with Crippen molar-refractivity contribution < 1.29 is 27.9 Å². The number of aromatic nitrogens is 4. The fourth-order valence-electron chi connectivity index (χ4n) is 3.13. The Kier molecular flexibility index (Phi) is 5.67. The first-order valence-corrected chi connectivity index (χ1v) is 10.6. The van der Waals surface area contributed by atoms with Crippen LogP contribution in [-0.4, -0.2) is 43.5 Å². The molecule has 0 radical (unpaired) electrons. The fourth-order valence-corrected chi connectivity index (χ4v) is 4.06. The highest BCUT2D eigenvalue weighted by Gasteiger charge is 2.43. The predicted octanol–water partition coefficient (Wildman–Crippen LogP) is 3.98. The summed E-state index contributed by atoms with van der Waals surface area (Å²) in [6.45, 7) is 0.663. The molecule has 0 aromatic carbocycles. The third kappa shape index (κ3) is 4.75. The van der Waals surface area contributed by atoms with Crippen molar-refractivity contribution in [3.05, 3.63) is 51.1 Å². The Balaban J connectivity index is 1.40. The Morgan fingerprint density at radius 2 is 2.06 bits per heavy atom. The zero-order valence-corrected chi connectivity index (χ0v) is 17.8. The number of carboxylic acids is 1. The van der Waals surface area contributed by atoms with Gasteiger partial charge < -0.3 is 10.4 Å². The molecule has 0 bridgehead atoms. The minimum atomic E-state index is -4.68. The van der Waals surface area contributed by atoms with E-state index in [2.05, 4.69) is 20.6 Å². The lowest BCUT2D eigenvalue weighted by molar-refractivity contribution is -0.141. The second kappa shape index (κ2) is 8.17. The zero-order valence-electron chi connectivity index (χ0n) is 16.2. The number of carbonyl (C=O) groups excluding carboxylic acids is 1. The van der Waals surface area contributed by atoms with E-state index < -0.39 is 23.7 Å². The van der Waals surface area contributed by atoms with Crippen molar-refractivity contribution in [3.63, 3.8) is 0 Å². The molecule has 0 unspecified atom stereocenters. The molecule has 13 heteroatoms. The van der Waals surface area contributed by atoms with Gasteiger partial charge in [0.1, 0.15) is 16.3 Å². The highest BCUT2D eigenvalue weighted by Crippen LogP contribution is 2.46. The van der Waals surface area contributed by atoms with Gasteiger partial charge >= 0.3 is 12.1 Å². The molecular formula is C19H15ClF3N5O3S. The van der Waals surface area contributed by atoms with Gasteiger partial charge in [0.25, 0.3) is 5.91 Å². The number of nitrogens with one attached hydrogen (secondary N) is 1. The number of hydrogen-bond donors (Lipinski definition) is 2. The molecule has 0 saturated heterocycles. The molecule has 168 valence electrons. The molecule has 0 aliphatic heterocycles. The van der Waals surface area contributed by atoms with Gasteiger partial charge in [0.2, 0.25) is 0 Å². The summed E-state index contributed by atoms with van der Waals surface area (Å²) in [6, 6.07) is 2.15. The summed E-state index contributed by atoms with van der Waals surface area (Å²) < 4.78 is 40.2. The fraction of sp³-hybridized carbons (Fsp3) is 0.316. The van der Waals surface area contributed by atoms with Gasteiger partial charge in [-0.05, 0) is 25.0 Å². The average Bonchev–Trinajstić information content (AvgIpc) is 3.12. The third-order valence-electron chi connectivity index (χ3n) is 5.11. The van der Waals surface area contributed by atoms with Crippen molar-refractivity contribution in [1.82, 2.24) is 25.3 Å². The molecular weight excluding hydrogens is 471 g/mol. The lowest BCUT2D eigenvalue weighted by Crippen LogP contribution is -2.33. The van der Waals surface area contributed by atoms with E-state index >= 15 is 0 Å². The summed E-state index contributed by atoms with van der Waals surface area (Å²) in [6.07, 6.45) is -0.603. The SMILES string of the molecule is O=C(O)c1cc(-c2cn(CC3(CNC(=O)c4cc(C(F)(F)F)ncc4Cl)CC3)nn2)cs1. The quantitative estimate of drug-likeness (QED) is 0.524. The summed E-state index contributed by atoms with van der Waals surface area (Å²) in [5.74, 6) is -1.73. The molecule has 32 heavy (non-hydrogen) atoms. The van der Waals surface area contributed by atoms with Crippen molar-refractivity contribution in [1.29, 1.82) is 0 Å². The van der Waals surface area contributed by atoms with Gasteiger partial charge in [-0.1, -0.05) is 16.8 Å². The Morgan fingerprint density at radius 3 is 2.69 bits per heavy atom. The molecule has 1 fully saturated rings. The summed E-state index contributed by atoms with van der Waals surface area (Å²) in [5.41, 5.74) is -0.614. The summed E-state index contributed by atoms with van der Waals surface area (Å²) in [4.78, 5) is 26.9. The van der Waals surface area contributed by atoms with E-state index in [4.69, 9.17) is 16.7 Å². The number of halogens is 4. The van der Waals surface area contributed by atoms with Gasteiger partial charge in [0, 0.05) is 35.6 Å². The normalized spacial score (nSPS) is 14.9. The summed E-state index contributed by atoms with van der Waals surface area (Å²) in [5, 5.41) is 21.3. The largest absolute Gasteiger partial charge is 0.477 e. The maximum atomic E-state index is 12.9. The molecule has 3 aromatic heterocycles. The Morgan fingerprint density at radius 1 is 1.31 bits per heavy atom. The number of pyridine rings is 1. The average molecular weight is 486 g/mol. The van der Waals surface area contributed by atoms with E-state index in [9.17, 15) is 22.8 Å². The Bertz CT molecular complexity index is 1190. The first kappa shape index (κ1) is 22.2. The number of rotatable bonds is 7. The highest BCUT2D eigenvalue weighted by atomic mass is 35.5. The maximum absolute atomic E-state index is 12.9. The van der Waals surface area contributed by atoms with Gasteiger partial charge in [-0.25, -0.2) is 4.79 Å². The minimum absolute atomic E-state index is 0.169. The van der Waals surface area contributed by atoms with E-state index in [0.29, 0.717) is 23.9 Å². The van der Waals surface area contributed by atoms with E-state index in [1.807, 2.05) is 0 Å². The Hall–Kier alpha value is -2.99.